The highest BCUT2D eigenvalue weighted by Crippen LogP contribution is 2.19. The van der Waals surface area contributed by atoms with Crippen molar-refractivity contribution in [2.75, 3.05) is 26.2 Å². The first kappa shape index (κ1) is 12.3. The first-order valence-corrected chi connectivity index (χ1v) is 5.56. The molecule has 15 heavy (non-hydrogen) atoms. The van der Waals surface area contributed by atoms with Crippen molar-refractivity contribution in [3.63, 3.8) is 0 Å². The number of carbonyl (C=O) groups is 1. The Bertz CT molecular complexity index is 211. The molecule has 5 heteroatoms. The number of primary amides is 1. The van der Waals surface area contributed by atoms with E-state index in [1.54, 1.807) is 4.90 Å². The van der Waals surface area contributed by atoms with Crippen LogP contribution in [0.4, 0.5) is 4.79 Å². The molecule has 1 fully saturated rings. The Morgan fingerprint density at radius 2 is 2.33 bits per heavy atom. The average Bonchev–Trinajstić information content (AvgIpc) is 2.25. The lowest BCUT2D eigenvalue weighted by Gasteiger charge is -2.37. The predicted octanol–water partition coefficient (Wildman–Crippen LogP) is -0.252. The minimum absolute atomic E-state index is 0.129. The molecule has 4 N–H and O–H groups in total. The number of nitrogens with zero attached hydrogens (tertiary/aromatic N) is 1. The van der Waals surface area contributed by atoms with Gasteiger partial charge in [0.25, 0.3) is 0 Å². The van der Waals surface area contributed by atoms with Gasteiger partial charge in [0.1, 0.15) is 0 Å². The molecule has 2 unspecified atom stereocenters. The van der Waals surface area contributed by atoms with Crippen LogP contribution in [0.3, 0.4) is 0 Å². The predicted molar refractivity (Wildman–Crippen MR) is 58.4 cm³/mol. The molecule has 1 saturated heterocycles. The van der Waals surface area contributed by atoms with E-state index in [1.165, 1.54) is 0 Å². The summed E-state index contributed by atoms with van der Waals surface area (Å²) in [5.74, 6) is 0.516. The molecule has 0 aromatic heterocycles. The Morgan fingerprint density at radius 3 is 2.87 bits per heavy atom. The number of rotatable bonds is 4. The SMILES string of the molecule is CCC1CC(NCCO)CN(C(N)=O)C1. The van der Waals surface area contributed by atoms with Crippen molar-refractivity contribution < 1.29 is 9.90 Å². The van der Waals surface area contributed by atoms with Crippen LogP contribution >= 0.6 is 0 Å². The maximum atomic E-state index is 11.1. The van der Waals surface area contributed by atoms with Crippen molar-refractivity contribution in [2.24, 2.45) is 11.7 Å². The maximum absolute atomic E-state index is 11.1. The van der Waals surface area contributed by atoms with E-state index in [0.29, 0.717) is 19.0 Å². The van der Waals surface area contributed by atoms with Crippen molar-refractivity contribution in [1.82, 2.24) is 10.2 Å². The van der Waals surface area contributed by atoms with Crippen LogP contribution in [0.5, 0.6) is 0 Å². The standard InChI is InChI=1S/C10H21N3O2/c1-2-8-5-9(12-3-4-14)7-13(6-8)10(11)15/h8-9,12,14H,2-7H2,1H3,(H2,11,15). The van der Waals surface area contributed by atoms with Crippen LogP contribution < -0.4 is 11.1 Å². The highest BCUT2D eigenvalue weighted by molar-refractivity contribution is 5.72. The van der Waals surface area contributed by atoms with E-state index in [1.807, 2.05) is 0 Å². The van der Waals surface area contributed by atoms with Crippen LogP contribution in [0.25, 0.3) is 0 Å². The molecule has 1 aliphatic heterocycles. The van der Waals surface area contributed by atoms with Crippen molar-refractivity contribution >= 4 is 6.03 Å². The van der Waals surface area contributed by atoms with Crippen molar-refractivity contribution in [1.29, 1.82) is 0 Å². The van der Waals surface area contributed by atoms with E-state index in [9.17, 15) is 4.79 Å². The molecule has 0 saturated carbocycles. The number of aliphatic hydroxyl groups excluding tert-OH is 1. The fourth-order valence-corrected chi connectivity index (χ4v) is 2.10. The molecule has 2 amide bonds. The quantitative estimate of drug-likeness (QED) is 0.605. The van der Waals surface area contributed by atoms with Crippen LogP contribution in [0.1, 0.15) is 19.8 Å². The number of nitrogens with two attached hydrogens (primary N) is 1. The van der Waals surface area contributed by atoms with Gasteiger partial charge in [-0.2, -0.15) is 0 Å². The lowest BCUT2D eigenvalue weighted by atomic mass is 9.92. The number of carbonyl (C=O) groups excluding carboxylic acids is 1. The molecule has 0 aromatic carbocycles. The first-order valence-electron chi connectivity index (χ1n) is 5.56. The highest BCUT2D eigenvalue weighted by atomic mass is 16.3. The van der Waals surface area contributed by atoms with Gasteiger partial charge in [0.2, 0.25) is 0 Å². The van der Waals surface area contributed by atoms with Gasteiger partial charge in [0.15, 0.2) is 0 Å². The van der Waals surface area contributed by atoms with E-state index in [2.05, 4.69) is 12.2 Å². The number of amides is 2. The minimum Gasteiger partial charge on any atom is -0.395 e. The van der Waals surface area contributed by atoms with Gasteiger partial charge in [-0.1, -0.05) is 13.3 Å². The number of urea groups is 1. The van der Waals surface area contributed by atoms with Gasteiger partial charge in [-0.05, 0) is 12.3 Å². The van der Waals surface area contributed by atoms with Crippen LogP contribution in [0, 0.1) is 5.92 Å². The zero-order chi connectivity index (χ0) is 11.3. The molecule has 1 aliphatic rings. The summed E-state index contributed by atoms with van der Waals surface area (Å²) in [7, 11) is 0. The molecule has 0 radical (unpaired) electrons. The summed E-state index contributed by atoms with van der Waals surface area (Å²) in [5, 5.41) is 11.9. The van der Waals surface area contributed by atoms with Gasteiger partial charge in [-0.25, -0.2) is 4.79 Å². The topological polar surface area (TPSA) is 78.6 Å². The Balaban J connectivity index is 2.47. The molecule has 0 aliphatic carbocycles. The summed E-state index contributed by atoms with van der Waals surface area (Å²) in [6, 6.07) is -0.0766. The number of hydrogen-bond donors (Lipinski definition) is 3. The molecule has 88 valence electrons. The Labute approximate surface area is 90.6 Å². The van der Waals surface area contributed by atoms with Crippen LogP contribution in [-0.2, 0) is 0 Å². The summed E-state index contributed by atoms with van der Waals surface area (Å²) in [6.07, 6.45) is 2.11. The third-order valence-corrected chi connectivity index (χ3v) is 2.97. The highest BCUT2D eigenvalue weighted by Gasteiger charge is 2.27. The fraction of sp³-hybridized carbons (Fsp3) is 0.900. The summed E-state index contributed by atoms with van der Waals surface area (Å²) >= 11 is 0. The monoisotopic (exact) mass is 215 g/mol. The number of nitrogens with one attached hydrogen (secondary N) is 1. The Morgan fingerprint density at radius 1 is 1.60 bits per heavy atom. The molecule has 0 spiro atoms. The summed E-state index contributed by atoms with van der Waals surface area (Å²) < 4.78 is 0. The van der Waals surface area contributed by atoms with Crippen LogP contribution in [0.15, 0.2) is 0 Å². The largest absolute Gasteiger partial charge is 0.395 e. The Kier molecular flexibility index (Phi) is 4.84. The molecular weight excluding hydrogens is 194 g/mol. The number of hydrogen-bond acceptors (Lipinski definition) is 3. The molecular formula is C10H21N3O2. The van der Waals surface area contributed by atoms with Crippen LogP contribution in [-0.4, -0.2) is 48.3 Å². The second-order valence-corrected chi connectivity index (χ2v) is 4.13. The lowest BCUT2D eigenvalue weighted by molar-refractivity contribution is 0.148. The fourth-order valence-electron chi connectivity index (χ4n) is 2.10. The molecule has 1 heterocycles. The smallest absolute Gasteiger partial charge is 0.314 e. The second kappa shape index (κ2) is 5.92. The van der Waals surface area contributed by atoms with Crippen molar-refractivity contribution in [3.8, 4) is 0 Å². The molecule has 5 nitrogen and oxygen atoms in total. The maximum Gasteiger partial charge on any atom is 0.314 e. The normalized spacial score (nSPS) is 26.7. The van der Waals surface area contributed by atoms with Crippen LogP contribution in [0.2, 0.25) is 0 Å². The number of aliphatic hydroxyl groups is 1. The lowest BCUT2D eigenvalue weighted by Crippen LogP contribution is -2.53. The summed E-state index contributed by atoms with van der Waals surface area (Å²) in [5.41, 5.74) is 5.28. The third-order valence-electron chi connectivity index (χ3n) is 2.97. The van der Waals surface area contributed by atoms with Gasteiger partial charge < -0.3 is 21.1 Å². The van der Waals surface area contributed by atoms with Gasteiger partial charge in [-0.15, -0.1) is 0 Å². The zero-order valence-electron chi connectivity index (χ0n) is 9.28. The van der Waals surface area contributed by atoms with E-state index < -0.39 is 0 Å². The van der Waals surface area contributed by atoms with E-state index in [0.717, 1.165) is 19.4 Å². The summed E-state index contributed by atoms with van der Waals surface area (Å²) in [6.45, 7) is 4.25. The molecule has 1 rings (SSSR count). The van der Waals surface area contributed by atoms with Gasteiger partial charge in [0, 0.05) is 25.7 Å². The average molecular weight is 215 g/mol. The van der Waals surface area contributed by atoms with E-state index in [-0.39, 0.29) is 18.7 Å². The zero-order valence-corrected chi connectivity index (χ0v) is 9.28. The first-order chi connectivity index (χ1) is 7.17. The van der Waals surface area contributed by atoms with Crippen molar-refractivity contribution in [2.45, 2.75) is 25.8 Å². The number of piperidine rings is 1. The van der Waals surface area contributed by atoms with E-state index >= 15 is 0 Å². The van der Waals surface area contributed by atoms with Gasteiger partial charge in [-0.3, -0.25) is 0 Å². The van der Waals surface area contributed by atoms with E-state index in [4.69, 9.17) is 10.8 Å². The molecule has 0 bridgehead atoms. The molecule has 0 aromatic rings. The molecule has 2 atom stereocenters. The number of likely N-dealkylation sites (tertiary alicyclic amines) is 1. The van der Waals surface area contributed by atoms with Crippen molar-refractivity contribution in [3.05, 3.63) is 0 Å². The minimum atomic E-state index is -0.344. The van der Waals surface area contributed by atoms with Gasteiger partial charge in [0.05, 0.1) is 6.61 Å². The van der Waals surface area contributed by atoms with Gasteiger partial charge >= 0.3 is 6.03 Å². The Hall–Kier alpha value is -0.810. The summed E-state index contributed by atoms with van der Waals surface area (Å²) in [4.78, 5) is 12.8. The third kappa shape index (κ3) is 3.68. The second-order valence-electron chi connectivity index (χ2n) is 4.13.